The van der Waals surface area contributed by atoms with E-state index in [9.17, 15) is 10.2 Å². The molecule has 1 heterocycles. The minimum atomic E-state index is -0.279. The molecule has 0 aliphatic heterocycles. The van der Waals surface area contributed by atoms with E-state index in [4.69, 9.17) is 4.42 Å². The van der Waals surface area contributed by atoms with Gasteiger partial charge in [0.15, 0.2) is 0 Å². The molecule has 1 aromatic carbocycles. The van der Waals surface area contributed by atoms with Crippen LogP contribution in [0.25, 0.3) is 0 Å². The number of halogens is 1. The molecule has 0 bridgehead atoms. The van der Waals surface area contributed by atoms with Crippen LogP contribution >= 0.6 is 15.9 Å². The molecule has 2 rings (SSSR count). The predicted molar refractivity (Wildman–Crippen MR) is 71.2 cm³/mol. The smallest absolute Gasteiger partial charge is 0.134 e. The number of para-hydroxylation sites is 1. The van der Waals surface area contributed by atoms with Gasteiger partial charge in [-0.1, -0.05) is 12.1 Å². The third kappa shape index (κ3) is 2.93. The number of aromatic hydroxyl groups is 1. The van der Waals surface area contributed by atoms with Gasteiger partial charge in [0.05, 0.1) is 23.4 Å². The third-order valence-corrected chi connectivity index (χ3v) is 3.32. The van der Waals surface area contributed by atoms with Crippen LogP contribution in [0.2, 0.25) is 0 Å². The van der Waals surface area contributed by atoms with Gasteiger partial charge in [-0.2, -0.15) is 0 Å². The monoisotopic (exact) mass is 311 g/mol. The average Bonchev–Trinajstić information content (AvgIpc) is 2.89. The summed E-state index contributed by atoms with van der Waals surface area (Å²) in [6.07, 6.45) is 1.57. The van der Waals surface area contributed by atoms with E-state index in [1.165, 1.54) is 0 Å². The predicted octanol–water partition coefficient (Wildman–Crippen LogP) is 2.57. The molecule has 0 fully saturated rings. The van der Waals surface area contributed by atoms with Crippen LogP contribution in [0.4, 0.5) is 0 Å². The van der Waals surface area contributed by atoms with Crippen molar-refractivity contribution >= 4 is 15.9 Å². The van der Waals surface area contributed by atoms with Gasteiger partial charge in [-0.05, 0) is 34.1 Å². The zero-order valence-electron chi connectivity index (χ0n) is 9.64. The summed E-state index contributed by atoms with van der Waals surface area (Å²) in [5.74, 6) is 0.883. The second-order valence-corrected chi connectivity index (χ2v) is 4.73. The second-order valence-electron chi connectivity index (χ2n) is 3.88. The molecule has 18 heavy (non-hydrogen) atoms. The summed E-state index contributed by atoms with van der Waals surface area (Å²) >= 11 is 3.26. The van der Waals surface area contributed by atoms with E-state index in [1.54, 1.807) is 24.5 Å². The quantitative estimate of drug-likeness (QED) is 0.794. The molecule has 96 valence electrons. The van der Waals surface area contributed by atoms with E-state index < -0.39 is 0 Å². The normalized spacial score (nSPS) is 12.6. The van der Waals surface area contributed by atoms with Crippen LogP contribution in [0.3, 0.4) is 0 Å². The maximum Gasteiger partial charge on any atom is 0.134 e. The van der Waals surface area contributed by atoms with Gasteiger partial charge in [0, 0.05) is 12.1 Å². The molecule has 0 spiro atoms. The molecule has 1 aromatic heterocycles. The number of benzene rings is 1. The molecule has 3 N–H and O–H groups in total. The van der Waals surface area contributed by atoms with Crippen LogP contribution in [0, 0.1) is 0 Å². The SMILES string of the molecule is OCC(NCc1cccc(Br)c1O)c1ccco1. The first-order valence-corrected chi connectivity index (χ1v) is 6.35. The van der Waals surface area contributed by atoms with Gasteiger partial charge in [-0.3, -0.25) is 0 Å². The Morgan fingerprint density at radius 2 is 2.11 bits per heavy atom. The highest BCUT2D eigenvalue weighted by atomic mass is 79.9. The Morgan fingerprint density at radius 1 is 1.28 bits per heavy atom. The molecule has 2 aromatic rings. The maximum atomic E-state index is 9.84. The lowest BCUT2D eigenvalue weighted by Crippen LogP contribution is -2.23. The van der Waals surface area contributed by atoms with E-state index in [0.29, 0.717) is 16.8 Å². The van der Waals surface area contributed by atoms with E-state index in [0.717, 1.165) is 5.56 Å². The fourth-order valence-corrected chi connectivity index (χ4v) is 2.09. The first kappa shape index (κ1) is 13.1. The molecule has 4 nitrogen and oxygen atoms in total. The van der Waals surface area contributed by atoms with Crippen molar-refractivity contribution in [2.75, 3.05) is 6.61 Å². The molecule has 1 unspecified atom stereocenters. The molecule has 5 heteroatoms. The van der Waals surface area contributed by atoms with Gasteiger partial charge in [-0.15, -0.1) is 0 Å². The number of hydrogen-bond donors (Lipinski definition) is 3. The lowest BCUT2D eigenvalue weighted by atomic mass is 10.1. The molecule has 0 saturated carbocycles. The Kier molecular flexibility index (Phi) is 4.41. The molecule has 1 atom stereocenters. The van der Waals surface area contributed by atoms with E-state index >= 15 is 0 Å². The highest BCUT2D eigenvalue weighted by Crippen LogP contribution is 2.27. The highest BCUT2D eigenvalue weighted by Gasteiger charge is 2.13. The van der Waals surface area contributed by atoms with Crippen molar-refractivity contribution in [1.29, 1.82) is 0 Å². The molecule has 0 aliphatic rings. The van der Waals surface area contributed by atoms with E-state index in [-0.39, 0.29) is 18.4 Å². The van der Waals surface area contributed by atoms with Crippen LogP contribution in [-0.2, 0) is 6.54 Å². The fraction of sp³-hybridized carbons (Fsp3) is 0.231. The highest BCUT2D eigenvalue weighted by molar-refractivity contribution is 9.10. The first-order valence-electron chi connectivity index (χ1n) is 5.56. The lowest BCUT2D eigenvalue weighted by Gasteiger charge is -2.14. The van der Waals surface area contributed by atoms with Crippen LogP contribution < -0.4 is 5.32 Å². The Hall–Kier alpha value is -1.30. The minimum absolute atomic E-state index is 0.0672. The van der Waals surface area contributed by atoms with Crippen LogP contribution in [0.1, 0.15) is 17.4 Å². The fourth-order valence-electron chi connectivity index (χ4n) is 1.68. The van der Waals surface area contributed by atoms with Crippen LogP contribution in [-0.4, -0.2) is 16.8 Å². The first-order chi connectivity index (χ1) is 8.72. The van der Waals surface area contributed by atoms with Crippen molar-refractivity contribution in [3.63, 3.8) is 0 Å². The Bertz CT molecular complexity index is 499. The summed E-state index contributed by atoms with van der Waals surface area (Å²) in [5.41, 5.74) is 0.759. The summed E-state index contributed by atoms with van der Waals surface area (Å²) in [5, 5.41) is 22.3. The van der Waals surface area contributed by atoms with Gasteiger partial charge in [0.2, 0.25) is 0 Å². The summed E-state index contributed by atoms with van der Waals surface area (Å²) in [4.78, 5) is 0. The number of furan rings is 1. The van der Waals surface area contributed by atoms with Gasteiger partial charge in [0.25, 0.3) is 0 Å². The van der Waals surface area contributed by atoms with Crippen molar-refractivity contribution in [2.45, 2.75) is 12.6 Å². The average molecular weight is 312 g/mol. The van der Waals surface area contributed by atoms with E-state index in [1.807, 2.05) is 12.1 Å². The zero-order chi connectivity index (χ0) is 13.0. The Morgan fingerprint density at radius 3 is 2.78 bits per heavy atom. The summed E-state index contributed by atoms with van der Waals surface area (Å²) in [6.45, 7) is 0.374. The lowest BCUT2D eigenvalue weighted by molar-refractivity contribution is 0.225. The van der Waals surface area contributed by atoms with Crippen molar-refractivity contribution in [3.05, 3.63) is 52.4 Å². The van der Waals surface area contributed by atoms with Crippen LogP contribution in [0.5, 0.6) is 5.75 Å². The second kappa shape index (κ2) is 6.04. The third-order valence-electron chi connectivity index (χ3n) is 2.68. The summed E-state index contributed by atoms with van der Waals surface area (Å²) < 4.78 is 5.89. The standard InChI is InChI=1S/C13H14BrNO3/c14-10-4-1-3-9(13(10)17)7-15-11(8-16)12-5-2-6-18-12/h1-6,11,15-17H,7-8H2. The van der Waals surface area contributed by atoms with Crippen molar-refractivity contribution in [2.24, 2.45) is 0 Å². The molecular weight excluding hydrogens is 298 g/mol. The molecule has 0 aliphatic carbocycles. The molecular formula is C13H14BrNO3. The van der Waals surface area contributed by atoms with E-state index in [2.05, 4.69) is 21.2 Å². The topological polar surface area (TPSA) is 65.6 Å². The number of rotatable bonds is 5. The number of aliphatic hydroxyl groups excluding tert-OH is 1. The largest absolute Gasteiger partial charge is 0.506 e. The van der Waals surface area contributed by atoms with Gasteiger partial charge in [-0.25, -0.2) is 0 Å². The number of nitrogens with one attached hydrogen (secondary N) is 1. The van der Waals surface area contributed by atoms with Gasteiger partial charge in [0.1, 0.15) is 11.5 Å². The van der Waals surface area contributed by atoms with Gasteiger partial charge < -0.3 is 19.9 Å². The number of phenolic OH excluding ortho intramolecular Hbond substituents is 1. The maximum absolute atomic E-state index is 9.84. The zero-order valence-corrected chi connectivity index (χ0v) is 11.2. The van der Waals surface area contributed by atoms with Crippen LogP contribution in [0.15, 0.2) is 45.5 Å². The van der Waals surface area contributed by atoms with Gasteiger partial charge >= 0.3 is 0 Å². The molecule has 0 amide bonds. The van der Waals surface area contributed by atoms with Crippen molar-refractivity contribution < 1.29 is 14.6 Å². The summed E-state index contributed by atoms with van der Waals surface area (Å²) in [6, 6.07) is 8.74. The van der Waals surface area contributed by atoms with Crippen molar-refractivity contribution in [1.82, 2.24) is 5.32 Å². The van der Waals surface area contributed by atoms with Crippen molar-refractivity contribution in [3.8, 4) is 5.75 Å². The molecule has 0 radical (unpaired) electrons. The number of phenols is 1. The molecule has 0 saturated heterocycles. The minimum Gasteiger partial charge on any atom is -0.506 e. The Labute approximate surface area is 113 Å². The number of aliphatic hydroxyl groups is 1. The Balaban J connectivity index is 2.04. The summed E-state index contributed by atoms with van der Waals surface area (Å²) in [7, 11) is 0. The number of hydrogen-bond acceptors (Lipinski definition) is 4.